The first kappa shape index (κ1) is 14.2. The number of Topliss-reactive ketones (excluding diaryl/α,β-unsaturated/α-hetero) is 1. The van der Waals surface area contributed by atoms with Gasteiger partial charge in [-0.25, -0.2) is 0 Å². The first-order valence-electron chi connectivity index (χ1n) is 7.03. The van der Waals surface area contributed by atoms with Crippen LogP contribution in [0.5, 0.6) is 0 Å². The van der Waals surface area contributed by atoms with Crippen molar-refractivity contribution in [3.8, 4) is 0 Å². The molecule has 0 amide bonds. The molecule has 19 heavy (non-hydrogen) atoms. The number of nitrogens with zero attached hydrogens (tertiary/aromatic N) is 1. The molecule has 3 nitrogen and oxygen atoms in total. The van der Waals surface area contributed by atoms with Gasteiger partial charge in [0.25, 0.3) is 0 Å². The first-order chi connectivity index (χ1) is 9.10. The maximum Gasteiger partial charge on any atom is 0.167 e. The Labute approximate surface area is 115 Å². The smallest absolute Gasteiger partial charge is 0.167 e. The molecule has 1 fully saturated rings. The minimum absolute atomic E-state index is 0.196. The lowest BCUT2D eigenvalue weighted by Gasteiger charge is -2.31. The molecule has 1 atom stereocenters. The Morgan fingerprint density at radius 3 is 2.84 bits per heavy atom. The Hall–Kier alpha value is -1.19. The summed E-state index contributed by atoms with van der Waals surface area (Å²) < 4.78 is 5.61. The third-order valence-corrected chi connectivity index (χ3v) is 3.91. The molecule has 0 spiro atoms. The molecule has 0 saturated carbocycles. The van der Waals surface area contributed by atoms with Gasteiger partial charge in [-0.1, -0.05) is 25.1 Å². The van der Waals surface area contributed by atoms with Crippen LogP contribution in [-0.4, -0.2) is 43.0 Å². The van der Waals surface area contributed by atoms with Crippen LogP contribution in [0.4, 0.5) is 0 Å². The Kier molecular flexibility index (Phi) is 4.72. The van der Waals surface area contributed by atoms with Gasteiger partial charge >= 0.3 is 0 Å². The van der Waals surface area contributed by atoms with E-state index in [0.29, 0.717) is 13.0 Å². The lowest BCUT2D eigenvalue weighted by molar-refractivity contribution is -0.135. The topological polar surface area (TPSA) is 29.5 Å². The number of carbonyl (C=O) groups excluding carboxylic acids is 1. The standard InChI is InChI=1S/C16H23NO2/c1-4-17-7-8-19-16(11-17)15(18)10-14-6-5-12(2)13(3)9-14/h5-6,9,16H,4,7-8,10-11H2,1-3H3. The van der Waals surface area contributed by atoms with Crippen molar-refractivity contribution in [1.29, 1.82) is 0 Å². The largest absolute Gasteiger partial charge is 0.368 e. The summed E-state index contributed by atoms with van der Waals surface area (Å²) in [7, 11) is 0. The molecular weight excluding hydrogens is 238 g/mol. The number of rotatable bonds is 4. The van der Waals surface area contributed by atoms with Gasteiger partial charge in [-0.2, -0.15) is 0 Å². The summed E-state index contributed by atoms with van der Waals surface area (Å²) in [5.41, 5.74) is 3.60. The zero-order chi connectivity index (χ0) is 13.8. The SMILES string of the molecule is CCN1CCOC(C(=O)Cc2ccc(C)c(C)c2)C1. The van der Waals surface area contributed by atoms with E-state index in [2.05, 4.69) is 37.8 Å². The Morgan fingerprint density at radius 1 is 1.37 bits per heavy atom. The van der Waals surface area contributed by atoms with Crippen molar-refractivity contribution in [2.75, 3.05) is 26.2 Å². The van der Waals surface area contributed by atoms with Crippen LogP contribution in [0.2, 0.25) is 0 Å². The molecule has 0 bridgehead atoms. The summed E-state index contributed by atoms with van der Waals surface area (Å²) in [5, 5.41) is 0. The normalized spacial score (nSPS) is 20.5. The fourth-order valence-corrected chi connectivity index (χ4v) is 2.41. The number of aryl methyl sites for hydroxylation is 2. The molecular formula is C16H23NO2. The van der Waals surface area contributed by atoms with Gasteiger partial charge < -0.3 is 4.74 Å². The molecule has 0 radical (unpaired) electrons. The number of morpholine rings is 1. The molecule has 1 heterocycles. The maximum absolute atomic E-state index is 12.3. The molecule has 1 aliphatic heterocycles. The van der Waals surface area contributed by atoms with Gasteiger partial charge in [-0.05, 0) is 37.1 Å². The molecule has 0 N–H and O–H groups in total. The molecule has 1 saturated heterocycles. The summed E-state index contributed by atoms with van der Waals surface area (Å²) in [4.78, 5) is 14.5. The van der Waals surface area contributed by atoms with Gasteiger partial charge in [0.2, 0.25) is 0 Å². The van der Waals surface area contributed by atoms with Crippen molar-refractivity contribution in [1.82, 2.24) is 4.90 Å². The zero-order valence-corrected chi connectivity index (χ0v) is 12.1. The van der Waals surface area contributed by atoms with Crippen molar-refractivity contribution in [2.45, 2.75) is 33.3 Å². The number of likely N-dealkylation sites (N-methyl/N-ethyl adjacent to an activating group) is 1. The van der Waals surface area contributed by atoms with Crippen LogP contribution in [0.3, 0.4) is 0 Å². The van der Waals surface area contributed by atoms with E-state index in [1.165, 1.54) is 11.1 Å². The van der Waals surface area contributed by atoms with Crippen LogP contribution in [0.25, 0.3) is 0 Å². The lowest BCUT2D eigenvalue weighted by Crippen LogP contribution is -2.46. The minimum atomic E-state index is -0.254. The van der Waals surface area contributed by atoms with Crippen molar-refractivity contribution in [2.24, 2.45) is 0 Å². The average molecular weight is 261 g/mol. The van der Waals surface area contributed by atoms with E-state index in [4.69, 9.17) is 4.74 Å². The number of ketones is 1. The highest BCUT2D eigenvalue weighted by Crippen LogP contribution is 2.13. The fourth-order valence-electron chi connectivity index (χ4n) is 2.41. The third kappa shape index (κ3) is 3.64. The van der Waals surface area contributed by atoms with Gasteiger partial charge in [0.1, 0.15) is 6.10 Å². The van der Waals surface area contributed by atoms with E-state index in [1.54, 1.807) is 0 Å². The highest BCUT2D eigenvalue weighted by Gasteiger charge is 2.25. The average Bonchev–Trinajstić information content (AvgIpc) is 2.43. The van der Waals surface area contributed by atoms with E-state index < -0.39 is 0 Å². The van der Waals surface area contributed by atoms with E-state index >= 15 is 0 Å². The highest BCUT2D eigenvalue weighted by atomic mass is 16.5. The summed E-state index contributed by atoms with van der Waals surface area (Å²) >= 11 is 0. The summed E-state index contributed by atoms with van der Waals surface area (Å²) in [6.07, 6.45) is 0.221. The van der Waals surface area contributed by atoms with Crippen molar-refractivity contribution in [3.63, 3.8) is 0 Å². The number of hydrogen-bond acceptors (Lipinski definition) is 3. The van der Waals surface area contributed by atoms with E-state index in [0.717, 1.165) is 25.2 Å². The Bertz CT molecular complexity index is 456. The predicted molar refractivity (Wildman–Crippen MR) is 76.5 cm³/mol. The van der Waals surface area contributed by atoms with Gasteiger partial charge in [0.05, 0.1) is 6.61 Å². The fraction of sp³-hybridized carbons (Fsp3) is 0.562. The second kappa shape index (κ2) is 6.31. The second-order valence-electron chi connectivity index (χ2n) is 5.31. The van der Waals surface area contributed by atoms with Gasteiger partial charge in [0, 0.05) is 19.5 Å². The number of hydrogen-bond donors (Lipinski definition) is 0. The highest BCUT2D eigenvalue weighted by molar-refractivity contribution is 5.85. The Morgan fingerprint density at radius 2 is 2.16 bits per heavy atom. The minimum Gasteiger partial charge on any atom is -0.368 e. The lowest BCUT2D eigenvalue weighted by atomic mass is 10.0. The van der Waals surface area contributed by atoms with E-state index in [9.17, 15) is 4.79 Å². The number of carbonyl (C=O) groups is 1. The molecule has 2 rings (SSSR count). The predicted octanol–water partition coefficient (Wildman–Crippen LogP) is 2.14. The van der Waals surface area contributed by atoms with Gasteiger partial charge in [-0.15, -0.1) is 0 Å². The van der Waals surface area contributed by atoms with Crippen LogP contribution in [-0.2, 0) is 16.0 Å². The molecule has 0 aromatic heterocycles. The number of benzene rings is 1. The molecule has 1 unspecified atom stereocenters. The first-order valence-corrected chi connectivity index (χ1v) is 7.03. The zero-order valence-electron chi connectivity index (χ0n) is 12.1. The third-order valence-electron chi connectivity index (χ3n) is 3.91. The molecule has 1 aliphatic rings. The molecule has 3 heteroatoms. The summed E-state index contributed by atoms with van der Waals surface area (Å²) in [6.45, 7) is 9.61. The van der Waals surface area contributed by atoms with Crippen LogP contribution in [0.15, 0.2) is 18.2 Å². The van der Waals surface area contributed by atoms with Gasteiger partial charge in [-0.3, -0.25) is 9.69 Å². The number of ether oxygens (including phenoxy) is 1. The molecule has 0 aliphatic carbocycles. The van der Waals surface area contributed by atoms with Crippen LogP contribution in [0, 0.1) is 13.8 Å². The van der Waals surface area contributed by atoms with Crippen molar-refractivity contribution in [3.05, 3.63) is 34.9 Å². The van der Waals surface area contributed by atoms with E-state index in [-0.39, 0.29) is 11.9 Å². The van der Waals surface area contributed by atoms with Crippen molar-refractivity contribution < 1.29 is 9.53 Å². The van der Waals surface area contributed by atoms with Gasteiger partial charge in [0.15, 0.2) is 5.78 Å². The quantitative estimate of drug-likeness (QED) is 0.831. The summed E-state index contributed by atoms with van der Waals surface area (Å²) in [5.74, 6) is 0.196. The van der Waals surface area contributed by atoms with E-state index in [1.807, 2.05) is 6.07 Å². The van der Waals surface area contributed by atoms with Crippen LogP contribution >= 0.6 is 0 Å². The van der Waals surface area contributed by atoms with Crippen LogP contribution in [0.1, 0.15) is 23.6 Å². The molecule has 1 aromatic carbocycles. The monoisotopic (exact) mass is 261 g/mol. The summed E-state index contributed by atoms with van der Waals surface area (Å²) in [6, 6.07) is 6.23. The maximum atomic E-state index is 12.3. The van der Waals surface area contributed by atoms with Crippen LogP contribution < -0.4 is 0 Å². The second-order valence-corrected chi connectivity index (χ2v) is 5.31. The molecule has 1 aromatic rings. The molecule has 104 valence electrons. The Balaban J connectivity index is 1.98. The van der Waals surface area contributed by atoms with Crippen molar-refractivity contribution >= 4 is 5.78 Å².